The van der Waals surface area contributed by atoms with E-state index in [1.807, 2.05) is 26.0 Å². The van der Waals surface area contributed by atoms with Gasteiger partial charge < -0.3 is 9.64 Å². The van der Waals surface area contributed by atoms with Crippen molar-refractivity contribution in [3.8, 4) is 0 Å². The molecule has 0 amide bonds. The van der Waals surface area contributed by atoms with Crippen molar-refractivity contribution in [3.05, 3.63) is 29.6 Å². The maximum atomic E-state index is 12.4. The van der Waals surface area contributed by atoms with Gasteiger partial charge in [-0.15, -0.1) is 0 Å². The Balaban J connectivity index is 2.15. The van der Waals surface area contributed by atoms with Crippen LogP contribution in [-0.2, 0) is 4.74 Å². The summed E-state index contributed by atoms with van der Waals surface area (Å²) >= 11 is 0. The smallest absolute Gasteiger partial charge is 0.341 e. The second kappa shape index (κ2) is 6.94. The number of nitrogens with zero attached hydrogens (tertiary/aromatic N) is 3. The molecule has 0 saturated carbocycles. The van der Waals surface area contributed by atoms with E-state index in [2.05, 4.69) is 14.9 Å². The van der Waals surface area contributed by atoms with Crippen LogP contribution in [0.3, 0.4) is 0 Å². The first-order valence-corrected chi connectivity index (χ1v) is 8.39. The molecule has 0 radical (unpaired) electrons. The summed E-state index contributed by atoms with van der Waals surface area (Å²) in [6.45, 7) is 6.05. The van der Waals surface area contributed by atoms with Crippen molar-refractivity contribution in [3.63, 3.8) is 0 Å². The minimum Gasteiger partial charge on any atom is -0.462 e. The van der Waals surface area contributed by atoms with E-state index >= 15 is 0 Å². The number of ether oxygens (including phenoxy) is 1. The molecule has 1 aliphatic heterocycles. The average Bonchev–Trinajstić information content (AvgIpc) is 2.82. The number of rotatable bonds is 3. The van der Waals surface area contributed by atoms with Gasteiger partial charge in [-0.3, -0.25) is 0 Å². The van der Waals surface area contributed by atoms with Crippen LogP contribution in [0.1, 0.15) is 48.7 Å². The van der Waals surface area contributed by atoms with Gasteiger partial charge in [-0.1, -0.05) is 12.8 Å². The normalized spacial score (nSPS) is 15.5. The number of aromatic nitrogens is 2. The molecule has 2 aromatic heterocycles. The summed E-state index contributed by atoms with van der Waals surface area (Å²) in [6.07, 6.45) is 6.39. The lowest BCUT2D eigenvalue weighted by Gasteiger charge is -2.26. The minimum atomic E-state index is -0.304. The lowest BCUT2D eigenvalue weighted by molar-refractivity contribution is 0.0527. The van der Waals surface area contributed by atoms with Crippen LogP contribution in [-0.4, -0.2) is 35.6 Å². The second-order valence-corrected chi connectivity index (χ2v) is 5.97. The molecule has 1 fully saturated rings. The molecule has 5 nitrogen and oxygen atoms in total. The van der Waals surface area contributed by atoms with Gasteiger partial charge >= 0.3 is 5.97 Å². The highest BCUT2D eigenvalue weighted by molar-refractivity contribution is 6.04. The van der Waals surface area contributed by atoms with Gasteiger partial charge in [0.1, 0.15) is 5.56 Å². The molecule has 0 aromatic carbocycles. The summed E-state index contributed by atoms with van der Waals surface area (Å²) in [5.74, 6) is -0.304. The van der Waals surface area contributed by atoms with Crippen LogP contribution in [0.15, 0.2) is 18.3 Å². The van der Waals surface area contributed by atoms with Crippen molar-refractivity contribution in [1.29, 1.82) is 0 Å². The summed E-state index contributed by atoms with van der Waals surface area (Å²) in [4.78, 5) is 23.6. The predicted octanol–water partition coefficient (Wildman–Crippen LogP) is 3.50. The number of anilines is 1. The fraction of sp³-hybridized carbons (Fsp3) is 0.500. The maximum absolute atomic E-state index is 12.4. The molecular weight excluding hydrogens is 290 g/mol. The summed E-state index contributed by atoms with van der Waals surface area (Å²) in [7, 11) is 0. The maximum Gasteiger partial charge on any atom is 0.341 e. The van der Waals surface area contributed by atoms with E-state index in [9.17, 15) is 4.79 Å². The van der Waals surface area contributed by atoms with E-state index in [1.54, 1.807) is 6.20 Å². The fourth-order valence-electron chi connectivity index (χ4n) is 3.15. The highest BCUT2D eigenvalue weighted by atomic mass is 16.5. The molecular formula is C18H23N3O2. The molecule has 0 aliphatic carbocycles. The van der Waals surface area contributed by atoms with Crippen LogP contribution < -0.4 is 4.90 Å². The molecule has 2 aromatic rings. The van der Waals surface area contributed by atoms with E-state index < -0.39 is 0 Å². The van der Waals surface area contributed by atoms with Crippen LogP contribution >= 0.6 is 0 Å². The lowest BCUT2D eigenvalue weighted by atomic mass is 10.1. The molecule has 1 aliphatic rings. The molecule has 0 unspecified atom stereocenters. The number of esters is 1. The van der Waals surface area contributed by atoms with Gasteiger partial charge in [0.25, 0.3) is 0 Å². The summed E-state index contributed by atoms with van der Waals surface area (Å²) < 4.78 is 5.24. The molecule has 23 heavy (non-hydrogen) atoms. The second-order valence-electron chi connectivity index (χ2n) is 5.97. The Labute approximate surface area is 136 Å². The Hall–Kier alpha value is -2.17. The van der Waals surface area contributed by atoms with Crippen molar-refractivity contribution in [1.82, 2.24) is 9.97 Å². The van der Waals surface area contributed by atoms with Crippen molar-refractivity contribution in [2.75, 3.05) is 24.6 Å². The zero-order chi connectivity index (χ0) is 16.2. The van der Waals surface area contributed by atoms with E-state index in [0.717, 1.165) is 42.7 Å². The van der Waals surface area contributed by atoms with Gasteiger partial charge in [0.15, 0.2) is 5.65 Å². The van der Waals surface area contributed by atoms with Crippen LogP contribution in [0, 0.1) is 6.92 Å². The first-order chi connectivity index (χ1) is 11.2. The highest BCUT2D eigenvalue weighted by Gasteiger charge is 2.22. The Morgan fingerprint density at radius 2 is 1.96 bits per heavy atom. The average molecular weight is 313 g/mol. The molecule has 0 atom stereocenters. The molecule has 0 spiro atoms. The zero-order valence-electron chi connectivity index (χ0n) is 13.8. The number of fused-ring (bicyclic) bond motifs is 1. The summed E-state index contributed by atoms with van der Waals surface area (Å²) in [5, 5.41) is 0.933. The van der Waals surface area contributed by atoms with E-state index in [0.29, 0.717) is 17.8 Å². The highest BCUT2D eigenvalue weighted by Crippen LogP contribution is 2.31. The molecule has 5 heteroatoms. The lowest BCUT2D eigenvalue weighted by Crippen LogP contribution is -2.27. The van der Waals surface area contributed by atoms with E-state index in [1.165, 1.54) is 12.8 Å². The monoisotopic (exact) mass is 313 g/mol. The molecule has 3 heterocycles. The number of pyridine rings is 2. The Kier molecular flexibility index (Phi) is 4.74. The first-order valence-electron chi connectivity index (χ1n) is 8.39. The third kappa shape index (κ3) is 3.28. The fourth-order valence-corrected chi connectivity index (χ4v) is 3.15. The quantitative estimate of drug-likeness (QED) is 0.812. The summed E-state index contributed by atoms with van der Waals surface area (Å²) in [5.41, 5.74) is 3.10. The van der Waals surface area contributed by atoms with Gasteiger partial charge in [0, 0.05) is 30.4 Å². The standard InChI is InChI=1S/C18H23N3O2/c1-3-23-18(22)15-12-19-17-14(9-8-13(2)20-17)16(15)21-10-6-4-5-7-11-21/h8-9,12H,3-7,10-11H2,1-2H3. The predicted molar refractivity (Wildman–Crippen MR) is 90.9 cm³/mol. The van der Waals surface area contributed by atoms with E-state index in [4.69, 9.17) is 4.74 Å². The van der Waals surface area contributed by atoms with Crippen LogP contribution in [0.25, 0.3) is 11.0 Å². The van der Waals surface area contributed by atoms with Crippen molar-refractivity contribution < 1.29 is 9.53 Å². The number of carbonyl (C=O) groups excluding carboxylic acids is 1. The number of carbonyl (C=O) groups is 1. The summed E-state index contributed by atoms with van der Waals surface area (Å²) in [6, 6.07) is 3.99. The van der Waals surface area contributed by atoms with Gasteiger partial charge in [-0.2, -0.15) is 0 Å². The van der Waals surface area contributed by atoms with Gasteiger partial charge in [0.05, 0.1) is 12.3 Å². The molecule has 0 N–H and O–H groups in total. The Morgan fingerprint density at radius 1 is 1.22 bits per heavy atom. The number of hydrogen-bond acceptors (Lipinski definition) is 5. The van der Waals surface area contributed by atoms with Crippen molar-refractivity contribution in [2.45, 2.75) is 39.5 Å². The molecule has 3 rings (SSSR count). The Bertz CT molecular complexity index is 707. The SMILES string of the molecule is CCOC(=O)c1cnc2nc(C)ccc2c1N1CCCCCC1. The van der Waals surface area contributed by atoms with Gasteiger partial charge in [-0.25, -0.2) is 14.8 Å². The van der Waals surface area contributed by atoms with Crippen LogP contribution in [0.5, 0.6) is 0 Å². The molecule has 1 saturated heterocycles. The largest absolute Gasteiger partial charge is 0.462 e. The number of aryl methyl sites for hydroxylation is 1. The number of hydrogen-bond donors (Lipinski definition) is 0. The first kappa shape index (κ1) is 15.7. The Morgan fingerprint density at radius 3 is 2.65 bits per heavy atom. The molecule has 122 valence electrons. The van der Waals surface area contributed by atoms with Gasteiger partial charge in [0.2, 0.25) is 0 Å². The third-order valence-electron chi connectivity index (χ3n) is 4.26. The zero-order valence-corrected chi connectivity index (χ0v) is 13.8. The topological polar surface area (TPSA) is 55.3 Å². The van der Waals surface area contributed by atoms with Crippen molar-refractivity contribution in [2.24, 2.45) is 0 Å². The van der Waals surface area contributed by atoms with Gasteiger partial charge in [-0.05, 0) is 38.8 Å². The third-order valence-corrected chi connectivity index (χ3v) is 4.26. The van der Waals surface area contributed by atoms with E-state index in [-0.39, 0.29) is 5.97 Å². The van der Waals surface area contributed by atoms with Crippen molar-refractivity contribution >= 4 is 22.7 Å². The van der Waals surface area contributed by atoms with Crippen LogP contribution in [0.4, 0.5) is 5.69 Å². The molecule has 0 bridgehead atoms. The van der Waals surface area contributed by atoms with Crippen LogP contribution in [0.2, 0.25) is 0 Å². The minimum absolute atomic E-state index is 0.304.